The molecule has 0 aliphatic rings. The van der Waals surface area contributed by atoms with Crippen LogP contribution in [0.25, 0.3) is 11.3 Å². The Morgan fingerprint density at radius 3 is 2.24 bits per heavy atom. The van der Waals surface area contributed by atoms with E-state index in [1.165, 1.54) is 0 Å². The minimum Gasteiger partial charge on any atom is -0.351 e. The molecule has 1 aromatic heterocycles. The number of aromatic nitrogens is 1. The largest absolute Gasteiger partial charge is 0.351 e. The third kappa shape index (κ3) is 5.13. The smallest absolute Gasteiger partial charge is 0.253 e. The van der Waals surface area contributed by atoms with Crippen LogP contribution in [0.2, 0.25) is 0 Å². The summed E-state index contributed by atoms with van der Waals surface area (Å²) >= 11 is 0. The first-order chi connectivity index (χ1) is 11.9. The zero-order valence-corrected chi connectivity index (χ0v) is 15.9. The minimum atomic E-state index is -0.0583. The molecule has 4 heteroatoms. The normalized spacial score (nSPS) is 11.4. The molecule has 25 heavy (non-hydrogen) atoms. The monoisotopic (exact) mass is 339 g/mol. The Hall–Kier alpha value is -2.20. The number of carbonyl (C=O) groups excluding carboxylic acids is 1. The van der Waals surface area contributed by atoms with Crippen molar-refractivity contribution in [2.45, 2.75) is 46.7 Å². The lowest BCUT2D eigenvalue weighted by Crippen LogP contribution is -2.42. The molecule has 134 valence electrons. The number of rotatable bonds is 7. The standard InChI is InChI=1S/C21H29N3O/c1-15(2)24(16(3)4)14-13-22-21(25)19-11-12-20(23-17(19)5)18-9-7-6-8-10-18/h6-12,15-16H,13-14H2,1-5H3,(H,22,25). The number of nitrogens with one attached hydrogen (secondary N) is 1. The quantitative estimate of drug-likeness (QED) is 0.832. The van der Waals surface area contributed by atoms with Crippen molar-refractivity contribution in [1.29, 1.82) is 0 Å². The van der Waals surface area contributed by atoms with E-state index in [1.54, 1.807) is 0 Å². The van der Waals surface area contributed by atoms with Crippen LogP contribution in [0.4, 0.5) is 0 Å². The molecule has 2 aromatic rings. The van der Waals surface area contributed by atoms with Crippen molar-refractivity contribution in [2.75, 3.05) is 13.1 Å². The van der Waals surface area contributed by atoms with Crippen molar-refractivity contribution in [3.05, 3.63) is 53.7 Å². The number of nitrogens with zero attached hydrogens (tertiary/aromatic N) is 2. The van der Waals surface area contributed by atoms with Crippen LogP contribution in [0, 0.1) is 6.92 Å². The van der Waals surface area contributed by atoms with E-state index in [2.05, 4.69) is 42.9 Å². The second kappa shape index (κ2) is 8.77. The van der Waals surface area contributed by atoms with Crippen molar-refractivity contribution >= 4 is 5.91 Å². The first-order valence-electron chi connectivity index (χ1n) is 8.97. The molecule has 0 saturated carbocycles. The Morgan fingerprint density at radius 1 is 1.04 bits per heavy atom. The van der Waals surface area contributed by atoms with Gasteiger partial charge in [0.15, 0.2) is 0 Å². The summed E-state index contributed by atoms with van der Waals surface area (Å²) in [6.07, 6.45) is 0. The number of carbonyl (C=O) groups is 1. The van der Waals surface area contributed by atoms with Crippen LogP contribution in [0.1, 0.15) is 43.7 Å². The van der Waals surface area contributed by atoms with Crippen molar-refractivity contribution in [1.82, 2.24) is 15.2 Å². The van der Waals surface area contributed by atoms with Crippen molar-refractivity contribution < 1.29 is 4.79 Å². The number of hydrogen-bond donors (Lipinski definition) is 1. The Bertz CT molecular complexity index is 688. The third-order valence-corrected chi connectivity index (χ3v) is 4.38. The molecule has 0 aliphatic heterocycles. The average Bonchev–Trinajstić information content (AvgIpc) is 2.58. The molecule has 0 aliphatic carbocycles. The SMILES string of the molecule is Cc1nc(-c2ccccc2)ccc1C(=O)NCCN(C(C)C)C(C)C. The van der Waals surface area contributed by atoms with Gasteiger partial charge in [-0.15, -0.1) is 0 Å². The maximum atomic E-state index is 12.5. The van der Waals surface area contributed by atoms with E-state index >= 15 is 0 Å². The second-order valence-electron chi connectivity index (χ2n) is 6.88. The lowest BCUT2D eigenvalue weighted by molar-refractivity contribution is 0.0938. The predicted molar refractivity (Wildman–Crippen MR) is 104 cm³/mol. The lowest BCUT2D eigenvalue weighted by atomic mass is 10.1. The fourth-order valence-corrected chi connectivity index (χ4v) is 3.08. The molecule has 0 fully saturated rings. The molecule has 0 bridgehead atoms. The van der Waals surface area contributed by atoms with Gasteiger partial charge in [-0.2, -0.15) is 0 Å². The van der Waals surface area contributed by atoms with E-state index in [0.29, 0.717) is 24.2 Å². The molecule has 2 rings (SSSR count). The molecule has 0 radical (unpaired) electrons. The number of aryl methyl sites for hydroxylation is 1. The Kier molecular flexibility index (Phi) is 6.71. The molecule has 0 unspecified atom stereocenters. The zero-order valence-electron chi connectivity index (χ0n) is 15.9. The van der Waals surface area contributed by atoms with E-state index in [1.807, 2.05) is 49.4 Å². The first kappa shape index (κ1) is 19.1. The van der Waals surface area contributed by atoms with Crippen molar-refractivity contribution in [3.8, 4) is 11.3 Å². The number of pyridine rings is 1. The summed E-state index contributed by atoms with van der Waals surface area (Å²) in [4.78, 5) is 19.4. The summed E-state index contributed by atoms with van der Waals surface area (Å²) in [7, 11) is 0. The summed E-state index contributed by atoms with van der Waals surface area (Å²) in [5.41, 5.74) is 3.34. The molecule has 1 amide bonds. The highest BCUT2D eigenvalue weighted by molar-refractivity contribution is 5.95. The minimum absolute atomic E-state index is 0.0583. The Labute approximate surface area is 151 Å². The van der Waals surface area contributed by atoms with Crippen molar-refractivity contribution in [2.24, 2.45) is 0 Å². The van der Waals surface area contributed by atoms with Crippen LogP contribution in [0.15, 0.2) is 42.5 Å². The van der Waals surface area contributed by atoms with E-state index < -0.39 is 0 Å². The van der Waals surface area contributed by atoms with Crippen LogP contribution in [0.3, 0.4) is 0 Å². The first-order valence-corrected chi connectivity index (χ1v) is 8.97. The predicted octanol–water partition coefficient (Wildman–Crippen LogP) is 3.91. The highest BCUT2D eigenvalue weighted by Crippen LogP contribution is 2.18. The Morgan fingerprint density at radius 2 is 1.68 bits per heavy atom. The molecular weight excluding hydrogens is 310 g/mol. The highest BCUT2D eigenvalue weighted by Gasteiger charge is 2.15. The van der Waals surface area contributed by atoms with E-state index in [0.717, 1.165) is 23.5 Å². The maximum absolute atomic E-state index is 12.5. The van der Waals surface area contributed by atoms with Crippen LogP contribution in [-0.4, -0.2) is 41.0 Å². The van der Waals surface area contributed by atoms with Gasteiger partial charge in [-0.05, 0) is 46.8 Å². The summed E-state index contributed by atoms with van der Waals surface area (Å²) in [5.74, 6) is -0.0583. The van der Waals surface area contributed by atoms with Gasteiger partial charge in [0.1, 0.15) is 0 Å². The number of hydrogen-bond acceptors (Lipinski definition) is 3. The molecular formula is C21H29N3O. The summed E-state index contributed by atoms with van der Waals surface area (Å²) in [6.45, 7) is 12.1. The number of benzene rings is 1. The molecule has 1 N–H and O–H groups in total. The Balaban J connectivity index is 2.00. The van der Waals surface area contributed by atoms with Gasteiger partial charge < -0.3 is 5.32 Å². The van der Waals surface area contributed by atoms with Gasteiger partial charge in [-0.25, -0.2) is 0 Å². The van der Waals surface area contributed by atoms with E-state index in [4.69, 9.17) is 0 Å². The van der Waals surface area contributed by atoms with Gasteiger partial charge >= 0.3 is 0 Å². The fourth-order valence-electron chi connectivity index (χ4n) is 3.08. The van der Waals surface area contributed by atoms with Crippen LogP contribution in [-0.2, 0) is 0 Å². The van der Waals surface area contributed by atoms with Gasteiger partial charge in [0.05, 0.1) is 17.0 Å². The zero-order chi connectivity index (χ0) is 18.4. The van der Waals surface area contributed by atoms with Gasteiger partial charge in [0.25, 0.3) is 5.91 Å². The van der Waals surface area contributed by atoms with E-state index in [-0.39, 0.29) is 5.91 Å². The molecule has 1 heterocycles. The summed E-state index contributed by atoms with van der Waals surface area (Å²) < 4.78 is 0. The van der Waals surface area contributed by atoms with Crippen LogP contribution < -0.4 is 5.32 Å². The molecule has 1 aromatic carbocycles. The topological polar surface area (TPSA) is 45.2 Å². The molecule has 0 atom stereocenters. The molecule has 0 spiro atoms. The average molecular weight is 339 g/mol. The summed E-state index contributed by atoms with van der Waals surface area (Å²) in [5, 5.41) is 3.02. The van der Waals surface area contributed by atoms with Gasteiger partial charge in [0, 0.05) is 30.7 Å². The summed E-state index contributed by atoms with van der Waals surface area (Å²) in [6, 6.07) is 14.7. The highest BCUT2D eigenvalue weighted by atomic mass is 16.1. The molecule has 0 saturated heterocycles. The fraction of sp³-hybridized carbons (Fsp3) is 0.429. The maximum Gasteiger partial charge on any atom is 0.253 e. The molecule has 4 nitrogen and oxygen atoms in total. The number of amides is 1. The third-order valence-electron chi connectivity index (χ3n) is 4.38. The van der Waals surface area contributed by atoms with Gasteiger partial charge in [0.2, 0.25) is 0 Å². The second-order valence-corrected chi connectivity index (χ2v) is 6.88. The van der Waals surface area contributed by atoms with Gasteiger partial charge in [-0.3, -0.25) is 14.7 Å². The van der Waals surface area contributed by atoms with Gasteiger partial charge in [-0.1, -0.05) is 30.3 Å². The van der Waals surface area contributed by atoms with E-state index in [9.17, 15) is 4.79 Å². The van der Waals surface area contributed by atoms with Crippen molar-refractivity contribution in [3.63, 3.8) is 0 Å². The lowest BCUT2D eigenvalue weighted by Gasteiger charge is -2.30. The van der Waals surface area contributed by atoms with Crippen LogP contribution >= 0.6 is 0 Å². The van der Waals surface area contributed by atoms with Crippen LogP contribution in [0.5, 0.6) is 0 Å².